The highest BCUT2D eigenvalue weighted by Gasteiger charge is 2.32. The first-order chi connectivity index (χ1) is 13.1. The summed E-state index contributed by atoms with van der Waals surface area (Å²) >= 11 is 13.3. The molecule has 144 valence electrons. The van der Waals surface area contributed by atoms with Gasteiger partial charge in [-0.2, -0.15) is 0 Å². The number of nitrogens with zero attached hydrogens (tertiary/aromatic N) is 2. The van der Waals surface area contributed by atoms with Crippen molar-refractivity contribution < 1.29 is 9.59 Å². The quantitative estimate of drug-likeness (QED) is 0.690. The summed E-state index contributed by atoms with van der Waals surface area (Å²) in [6, 6.07) is 4.82. The Morgan fingerprint density at radius 1 is 1.30 bits per heavy atom. The van der Waals surface area contributed by atoms with Crippen molar-refractivity contribution in [3.05, 3.63) is 44.7 Å². The number of thiophene rings is 1. The largest absolute Gasteiger partial charge is 0.367 e. The molecule has 27 heavy (non-hydrogen) atoms. The molecule has 1 fully saturated rings. The van der Waals surface area contributed by atoms with Crippen LogP contribution in [0.5, 0.6) is 0 Å². The van der Waals surface area contributed by atoms with Gasteiger partial charge in [-0.25, -0.2) is 4.98 Å². The molecular formula is C18H20Cl2N4O2S. The zero-order valence-corrected chi connectivity index (χ0v) is 16.9. The summed E-state index contributed by atoms with van der Waals surface area (Å²) < 4.78 is 0. The van der Waals surface area contributed by atoms with Crippen LogP contribution in [0.2, 0.25) is 10.0 Å². The van der Waals surface area contributed by atoms with Gasteiger partial charge in [-0.3, -0.25) is 9.59 Å². The minimum Gasteiger partial charge on any atom is -0.367 e. The van der Waals surface area contributed by atoms with Gasteiger partial charge in [0, 0.05) is 25.8 Å². The molecule has 1 saturated heterocycles. The lowest BCUT2D eigenvalue weighted by Crippen LogP contribution is -2.52. The van der Waals surface area contributed by atoms with Gasteiger partial charge in [-0.1, -0.05) is 29.3 Å². The number of hydrogen-bond donors (Lipinski definition) is 2. The van der Waals surface area contributed by atoms with Crippen LogP contribution in [0.3, 0.4) is 0 Å². The predicted molar refractivity (Wildman–Crippen MR) is 109 cm³/mol. The first-order valence-electron chi connectivity index (χ1n) is 8.73. The molecule has 2 aromatic heterocycles. The van der Waals surface area contributed by atoms with E-state index < -0.39 is 6.04 Å². The van der Waals surface area contributed by atoms with Crippen molar-refractivity contribution in [1.82, 2.24) is 15.2 Å². The third-order valence-electron chi connectivity index (χ3n) is 4.32. The number of aromatic nitrogens is 1. The Balaban J connectivity index is 1.52. The number of hydrogen-bond acceptors (Lipinski definition) is 5. The Morgan fingerprint density at radius 3 is 2.89 bits per heavy atom. The molecular weight excluding hydrogens is 407 g/mol. The number of amides is 2. The molecule has 0 aliphatic carbocycles. The van der Waals surface area contributed by atoms with Crippen LogP contribution in [0.4, 0.5) is 5.82 Å². The molecule has 1 unspecified atom stereocenters. The normalized spacial score (nSPS) is 16.8. The highest BCUT2D eigenvalue weighted by molar-refractivity contribution is 7.12. The average Bonchev–Trinajstić information content (AvgIpc) is 3.20. The third kappa shape index (κ3) is 5.12. The van der Waals surface area contributed by atoms with E-state index in [9.17, 15) is 9.59 Å². The predicted octanol–water partition coefficient (Wildman–Crippen LogP) is 3.67. The molecule has 1 aliphatic heterocycles. The fraction of sp³-hybridized carbons (Fsp3) is 0.389. The Morgan fingerprint density at radius 2 is 2.15 bits per heavy atom. The summed E-state index contributed by atoms with van der Waals surface area (Å²) in [4.78, 5) is 31.7. The Bertz CT molecular complexity index is 801. The smallest absolute Gasteiger partial charge is 0.264 e. The number of rotatable bonds is 6. The number of likely N-dealkylation sites (tertiary alicyclic amines) is 1. The molecule has 1 atom stereocenters. The second-order valence-electron chi connectivity index (χ2n) is 6.19. The molecule has 3 rings (SSSR count). The number of carbonyl (C=O) groups is 2. The van der Waals surface area contributed by atoms with E-state index in [4.69, 9.17) is 23.2 Å². The number of carbonyl (C=O) groups excluding carboxylic acids is 2. The zero-order valence-electron chi connectivity index (χ0n) is 14.6. The number of anilines is 1. The van der Waals surface area contributed by atoms with Crippen LogP contribution in [-0.4, -0.2) is 47.4 Å². The van der Waals surface area contributed by atoms with Crippen LogP contribution in [0, 0.1) is 0 Å². The molecule has 3 heterocycles. The average molecular weight is 427 g/mol. The molecule has 0 radical (unpaired) electrons. The first kappa shape index (κ1) is 19.9. The van der Waals surface area contributed by atoms with Gasteiger partial charge >= 0.3 is 0 Å². The molecule has 0 saturated carbocycles. The van der Waals surface area contributed by atoms with Crippen LogP contribution < -0.4 is 10.6 Å². The standard InChI is InChI=1S/C18H20Cl2N4O2S/c19-12-10-13(20)16(23-11-12)21-6-7-22-17(25)14-4-1-2-8-24(14)18(26)15-5-3-9-27-15/h3,5,9-11,14H,1-2,4,6-8H2,(H,21,23)(H,22,25). The maximum Gasteiger partial charge on any atom is 0.264 e. The summed E-state index contributed by atoms with van der Waals surface area (Å²) in [5.41, 5.74) is 0. The second kappa shape index (κ2) is 9.39. The lowest BCUT2D eigenvalue weighted by molar-refractivity contribution is -0.126. The van der Waals surface area contributed by atoms with E-state index in [1.807, 2.05) is 11.4 Å². The van der Waals surface area contributed by atoms with Gasteiger partial charge in [0.05, 0.1) is 14.9 Å². The minimum absolute atomic E-state index is 0.0693. The molecule has 1 aliphatic rings. The van der Waals surface area contributed by atoms with E-state index in [0.717, 1.165) is 12.8 Å². The van der Waals surface area contributed by atoms with Gasteiger partial charge in [0.1, 0.15) is 11.9 Å². The molecule has 0 aromatic carbocycles. The van der Waals surface area contributed by atoms with E-state index in [1.54, 1.807) is 17.0 Å². The molecule has 2 N–H and O–H groups in total. The van der Waals surface area contributed by atoms with Crippen molar-refractivity contribution in [3.63, 3.8) is 0 Å². The Hall–Kier alpha value is -1.83. The SMILES string of the molecule is O=C(NCCNc1ncc(Cl)cc1Cl)C1CCCCN1C(=O)c1cccs1. The van der Waals surface area contributed by atoms with E-state index in [0.29, 0.717) is 46.8 Å². The minimum atomic E-state index is -0.425. The van der Waals surface area contributed by atoms with Crippen molar-refractivity contribution in [2.24, 2.45) is 0 Å². The van der Waals surface area contributed by atoms with Crippen molar-refractivity contribution in [2.75, 3.05) is 25.0 Å². The number of nitrogens with one attached hydrogen (secondary N) is 2. The number of pyridine rings is 1. The monoisotopic (exact) mass is 426 g/mol. The molecule has 2 amide bonds. The molecule has 0 spiro atoms. The van der Waals surface area contributed by atoms with Crippen molar-refractivity contribution in [1.29, 1.82) is 0 Å². The summed E-state index contributed by atoms with van der Waals surface area (Å²) in [5.74, 6) is 0.319. The van der Waals surface area contributed by atoms with Gasteiger partial charge in [0.25, 0.3) is 5.91 Å². The summed E-state index contributed by atoms with van der Waals surface area (Å²) in [5, 5.41) is 8.71. The second-order valence-corrected chi connectivity index (χ2v) is 7.98. The van der Waals surface area contributed by atoms with E-state index >= 15 is 0 Å². The van der Waals surface area contributed by atoms with Crippen LogP contribution in [0.1, 0.15) is 28.9 Å². The van der Waals surface area contributed by atoms with Crippen LogP contribution in [-0.2, 0) is 4.79 Å². The maximum atomic E-state index is 12.7. The molecule has 0 bridgehead atoms. The van der Waals surface area contributed by atoms with E-state index in [2.05, 4.69) is 15.6 Å². The highest BCUT2D eigenvalue weighted by atomic mass is 35.5. The topological polar surface area (TPSA) is 74.3 Å². The molecule has 6 nitrogen and oxygen atoms in total. The van der Waals surface area contributed by atoms with Gasteiger partial charge in [-0.15, -0.1) is 11.3 Å². The number of piperidine rings is 1. The Labute approximate surface area is 171 Å². The van der Waals surface area contributed by atoms with Crippen molar-refractivity contribution in [3.8, 4) is 0 Å². The van der Waals surface area contributed by atoms with E-state index in [-0.39, 0.29) is 11.8 Å². The van der Waals surface area contributed by atoms with Gasteiger partial charge in [0.15, 0.2) is 0 Å². The first-order valence-corrected chi connectivity index (χ1v) is 10.4. The molecule has 2 aromatic rings. The van der Waals surface area contributed by atoms with Crippen LogP contribution >= 0.6 is 34.5 Å². The highest BCUT2D eigenvalue weighted by Crippen LogP contribution is 2.23. The summed E-state index contributed by atoms with van der Waals surface area (Å²) in [6.45, 7) is 1.47. The maximum absolute atomic E-state index is 12.7. The van der Waals surface area contributed by atoms with Crippen molar-refractivity contribution in [2.45, 2.75) is 25.3 Å². The third-order valence-corrected chi connectivity index (χ3v) is 5.68. The lowest BCUT2D eigenvalue weighted by atomic mass is 10.0. The van der Waals surface area contributed by atoms with Crippen LogP contribution in [0.25, 0.3) is 0 Å². The van der Waals surface area contributed by atoms with Crippen LogP contribution in [0.15, 0.2) is 29.8 Å². The Kier molecular flexibility index (Phi) is 6.93. The van der Waals surface area contributed by atoms with Gasteiger partial charge in [0.2, 0.25) is 5.91 Å². The van der Waals surface area contributed by atoms with Gasteiger partial charge in [-0.05, 0) is 36.8 Å². The number of halogens is 2. The van der Waals surface area contributed by atoms with E-state index in [1.165, 1.54) is 17.5 Å². The lowest BCUT2D eigenvalue weighted by Gasteiger charge is -2.34. The summed E-state index contributed by atoms with van der Waals surface area (Å²) in [7, 11) is 0. The van der Waals surface area contributed by atoms with Crippen molar-refractivity contribution >= 4 is 52.2 Å². The summed E-state index contributed by atoms with van der Waals surface area (Å²) in [6.07, 6.45) is 4.05. The fourth-order valence-electron chi connectivity index (χ4n) is 3.02. The van der Waals surface area contributed by atoms with Gasteiger partial charge < -0.3 is 15.5 Å². The molecule has 9 heteroatoms. The fourth-order valence-corrected chi connectivity index (χ4v) is 4.14. The zero-order chi connectivity index (χ0) is 19.2.